The molecule has 0 N–H and O–H groups in total. The van der Waals surface area contributed by atoms with Crippen LogP contribution in [0.2, 0.25) is 0 Å². The molecule has 0 saturated carbocycles. The Morgan fingerprint density at radius 2 is 2.06 bits per heavy atom. The normalized spacial score (nSPS) is 10.9. The van der Waals surface area contributed by atoms with E-state index >= 15 is 0 Å². The number of ether oxygens (including phenoxy) is 1. The Bertz CT molecular complexity index is 360. The second-order valence-corrected chi connectivity index (χ2v) is 4.80. The summed E-state index contributed by atoms with van der Waals surface area (Å²) in [6.07, 6.45) is 3.26. The summed E-state index contributed by atoms with van der Waals surface area (Å²) in [6, 6.07) is 5.25. The first kappa shape index (κ1) is 15.3. The summed E-state index contributed by atoms with van der Waals surface area (Å²) in [5, 5.41) is 0. The van der Waals surface area contributed by atoms with Crippen molar-refractivity contribution in [3.8, 4) is 5.75 Å². The molecular formula is C14H21ClFNO. The van der Waals surface area contributed by atoms with Crippen molar-refractivity contribution in [2.75, 3.05) is 26.6 Å². The van der Waals surface area contributed by atoms with Crippen LogP contribution in [-0.2, 0) is 6.54 Å². The molecule has 2 nitrogen and oxygen atoms in total. The molecule has 0 aliphatic heterocycles. The maximum atomic E-state index is 13.9. The Morgan fingerprint density at radius 1 is 1.28 bits per heavy atom. The van der Waals surface area contributed by atoms with Crippen LogP contribution in [0.4, 0.5) is 4.39 Å². The lowest BCUT2D eigenvalue weighted by Crippen LogP contribution is -2.20. The molecule has 1 rings (SSSR count). The molecule has 0 unspecified atom stereocenters. The summed E-state index contributed by atoms with van der Waals surface area (Å²) >= 11 is 5.62. The lowest BCUT2D eigenvalue weighted by Gasteiger charge is -2.17. The van der Waals surface area contributed by atoms with E-state index in [2.05, 4.69) is 4.90 Å². The Balaban J connectivity index is 2.46. The van der Waals surface area contributed by atoms with Gasteiger partial charge >= 0.3 is 0 Å². The quantitative estimate of drug-likeness (QED) is 0.529. The number of hydrogen-bond donors (Lipinski definition) is 0. The molecule has 0 saturated heterocycles. The summed E-state index contributed by atoms with van der Waals surface area (Å²) in [7, 11) is 3.48. The van der Waals surface area contributed by atoms with Gasteiger partial charge in [-0.1, -0.05) is 18.6 Å². The highest BCUT2D eigenvalue weighted by molar-refractivity contribution is 6.17. The van der Waals surface area contributed by atoms with Gasteiger partial charge in [-0.15, -0.1) is 11.6 Å². The van der Waals surface area contributed by atoms with Gasteiger partial charge in [0.15, 0.2) is 11.6 Å². The lowest BCUT2D eigenvalue weighted by molar-refractivity contribution is 0.309. The standard InChI is InChI=1S/C14H21ClFNO/c1-17(10-5-3-4-9-15)11-12-7-6-8-13(18-2)14(12)16/h6-8H,3-5,9-11H2,1-2H3. The zero-order valence-corrected chi connectivity index (χ0v) is 11.8. The number of nitrogens with zero attached hydrogens (tertiary/aromatic N) is 1. The third kappa shape index (κ3) is 4.83. The Kier molecular flexibility index (Phi) is 7.06. The average molecular weight is 274 g/mol. The minimum atomic E-state index is -0.257. The summed E-state index contributed by atoms with van der Waals surface area (Å²) in [5.74, 6) is 0.768. The molecule has 1 aromatic carbocycles. The second kappa shape index (κ2) is 8.33. The summed E-state index contributed by atoms with van der Waals surface area (Å²) < 4.78 is 18.9. The molecule has 0 amide bonds. The number of benzene rings is 1. The van der Waals surface area contributed by atoms with Gasteiger partial charge in [0.05, 0.1) is 7.11 Å². The molecular weight excluding hydrogens is 253 g/mol. The Labute approximate surface area is 114 Å². The van der Waals surface area contributed by atoms with Crippen molar-refractivity contribution in [2.24, 2.45) is 0 Å². The molecule has 0 heterocycles. The number of alkyl halides is 1. The van der Waals surface area contributed by atoms with E-state index in [0.29, 0.717) is 23.7 Å². The van der Waals surface area contributed by atoms with Gasteiger partial charge < -0.3 is 9.64 Å². The molecule has 18 heavy (non-hydrogen) atoms. The third-order valence-electron chi connectivity index (χ3n) is 2.88. The van der Waals surface area contributed by atoms with Crippen molar-refractivity contribution < 1.29 is 9.13 Å². The van der Waals surface area contributed by atoms with Crippen molar-refractivity contribution in [2.45, 2.75) is 25.8 Å². The minimum absolute atomic E-state index is 0.257. The first-order chi connectivity index (χ1) is 8.69. The highest BCUT2D eigenvalue weighted by Gasteiger charge is 2.09. The van der Waals surface area contributed by atoms with Gasteiger partial charge in [-0.2, -0.15) is 0 Å². The van der Waals surface area contributed by atoms with Crippen LogP contribution in [0.5, 0.6) is 5.75 Å². The fourth-order valence-electron chi connectivity index (χ4n) is 1.86. The summed E-state index contributed by atoms with van der Waals surface area (Å²) in [5.41, 5.74) is 0.675. The van der Waals surface area contributed by atoms with Crippen LogP contribution < -0.4 is 4.74 Å². The molecule has 4 heteroatoms. The van der Waals surface area contributed by atoms with Crippen molar-refractivity contribution in [3.05, 3.63) is 29.6 Å². The zero-order chi connectivity index (χ0) is 13.4. The number of rotatable bonds is 8. The topological polar surface area (TPSA) is 12.5 Å². The molecule has 102 valence electrons. The molecule has 1 aromatic rings. The van der Waals surface area contributed by atoms with E-state index in [1.807, 2.05) is 13.1 Å². The molecule has 0 spiro atoms. The molecule has 0 aliphatic rings. The van der Waals surface area contributed by atoms with Crippen molar-refractivity contribution in [3.63, 3.8) is 0 Å². The molecule has 0 aromatic heterocycles. The maximum Gasteiger partial charge on any atom is 0.169 e. The predicted octanol–water partition coefficient (Wildman–Crippen LogP) is 3.68. The van der Waals surface area contributed by atoms with E-state index in [0.717, 1.165) is 25.8 Å². The number of methoxy groups -OCH3 is 1. The van der Waals surface area contributed by atoms with Crippen LogP contribution in [0, 0.1) is 5.82 Å². The van der Waals surface area contributed by atoms with Crippen molar-refractivity contribution >= 4 is 11.6 Å². The SMILES string of the molecule is COc1cccc(CN(C)CCCCCCl)c1F. The van der Waals surface area contributed by atoms with E-state index in [1.54, 1.807) is 12.1 Å². The highest BCUT2D eigenvalue weighted by atomic mass is 35.5. The minimum Gasteiger partial charge on any atom is -0.494 e. The van der Waals surface area contributed by atoms with Gasteiger partial charge in [0.25, 0.3) is 0 Å². The van der Waals surface area contributed by atoms with E-state index in [1.165, 1.54) is 7.11 Å². The first-order valence-corrected chi connectivity index (χ1v) is 6.78. The molecule has 0 fully saturated rings. The van der Waals surface area contributed by atoms with Gasteiger partial charge in [-0.25, -0.2) is 4.39 Å². The lowest BCUT2D eigenvalue weighted by atomic mass is 10.1. The Hall–Kier alpha value is -0.800. The summed E-state index contributed by atoms with van der Waals surface area (Å²) in [4.78, 5) is 2.12. The highest BCUT2D eigenvalue weighted by Crippen LogP contribution is 2.20. The smallest absolute Gasteiger partial charge is 0.169 e. The van der Waals surface area contributed by atoms with E-state index in [9.17, 15) is 4.39 Å². The molecule has 0 bridgehead atoms. The fourth-order valence-corrected chi connectivity index (χ4v) is 2.05. The number of hydrogen-bond acceptors (Lipinski definition) is 2. The van der Waals surface area contributed by atoms with Gasteiger partial charge in [0, 0.05) is 18.0 Å². The fraction of sp³-hybridized carbons (Fsp3) is 0.571. The van der Waals surface area contributed by atoms with Crippen LogP contribution in [0.15, 0.2) is 18.2 Å². The van der Waals surface area contributed by atoms with E-state index in [-0.39, 0.29) is 5.82 Å². The average Bonchev–Trinajstić information content (AvgIpc) is 2.37. The molecule has 0 atom stereocenters. The van der Waals surface area contributed by atoms with Crippen molar-refractivity contribution in [1.29, 1.82) is 0 Å². The largest absolute Gasteiger partial charge is 0.494 e. The third-order valence-corrected chi connectivity index (χ3v) is 3.14. The first-order valence-electron chi connectivity index (χ1n) is 6.25. The Morgan fingerprint density at radius 3 is 2.72 bits per heavy atom. The van der Waals surface area contributed by atoms with Crippen molar-refractivity contribution in [1.82, 2.24) is 4.90 Å². The monoisotopic (exact) mass is 273 g/mol. The van der Waals surface area contributed by atoms with Crippen LogP contribution in [0.25, 0.3) is 0 Å². The number of unbranched alkanes of at least 4 members (excludes halogenated alkanes) is 2. The predicted molar refractivity (Wildman–Crippen MR) is 73.9 cm³/mol. The molecule has 0 aliphatic carbocycles. The van der Waals surface area contributed by atoms with E-state index in [4.69, 9.17) is 16.3 Å². The zero-order valence-electron chi connectivity index (χ0n) is 11.1. The number of halogens is 2. The van der Waals surface area contributed by atoms with Gasteiger partial charge in [-0.3, -0.25) is 0 Å². The van der Waals surface area contributed by atoms with Gasteiger partial charge in [-0.05, 0) is 32.5 Å². The van der Waals surface area contributed by atoms with Gasteiger partial charge in [0.1, 0.15) is 0 Å². The second-order valence-electron chi connectivity index (χ2n) is 4.42. The maximum absolute atomic E-state index is 13.9. The van der Waals surface area contributed by atoms with Crippen LogP contribution in [-0.4, -0.2) is 31.5 Å². The van der Waals surface area contributed by atoms with Crippen LogP contribution >= 0.6 is 11.6 Å². The summed E-state index contributed by atoms with van der Waals surface area (Å²) in [6.45, 7) is 1.55. The molecule has 0 radical (unpaired) electrons. The van der Waals surface area contributed by atoms with E-state index < -0.39 is 0 Å². The van der Waals surface area contributed by atoms with Crippen LogP contribution in [0.1, 0.15) is 24.8 Å². The van der Waals surface area contributed by atoms with Crippen LogP contribution in [0.3, 0.4) is 0 Å². The van der Waals surface area contributed by atoms with Gasteiger partial charge in [0.2, 0.25) is 0 Å².